The fourth-order valence-electron chi connectivity index (χ4n) is 3.10. The maximum Gasteiger partial charge on any atom is 0.154 e. The summed E-state index contributed by atoms with van der Waals surface area (Å²) < 4.78 is 7.76. The van der Waals surface area contributed by atoms with Crippen LogP contribution in [0.5, 0.6) is 0 Å². The zero-order valence-corrected chi connectivity index (χ0v) is 11.9. The molecule has 0 saturated carbocycles. The van der Waals surface area contributed by atoms with Gasteiger partial charge in [-0.05, 0) is 51.9 Å². The van der Waals surface area contributed by atoms with Gasteiger partial charge in [0.1, 0.15) is 11.5 Å². The molecule has 1 saturated heterocycles. The van der Waals surface area contributed by atoms with Crippen molar-refractivity contribution in [1.82, 2.24) is 15.1 Å². The molecule has 1 N–H and O–H groups in total. The highest BCUT2D eigenvalue weighted by Crippen LogP contribution is 2.33. The van der Waals surface area contributed by atoms with Gasteiger partial charge >= 0.3 is 0 Å². The van der Waals surface area contributed by atoms with E-state index < -0.39 is 0 Å². The molecule has 0 unspecified atom stereocenters. The minimum atomic E-state index is 0.614. The standard InChI is InChI=1S/C15H21N3O/c1-10-4-5-13(19-10)14-11(2)15(18(3)17-14)12-6-8-16-9-7-12/h4-5,12,16H,6-9H2,1-3H3. The molecule has 1 fully saturated rings. The minimum Gasteiger partial charge on any atom is -0.460 e. The first-order valence-electron chi connectivity index (χ1n) is 6.98. The normalized spacial score (nSPS) is 17.0. The average Bonchev–Trinajstić information content (AvgIpc) is 2.95. The lowest BCUT2D eigenvalue weighted by Crippen LogP contribution is -2.27. The molecule has 3 rings (SSSR count). The number of nitrogens with zero attached hydrogens (tertiary/aromatic N) is 2. The van der Waals surface area contributed by atoms with Gasteiger partial charge in [0.25, 0.3) is 0 Å². The highest BCUT2D eigenvalue weighted by atomic mass is 16.3. The summed E-state index contributed by atoms with van der Waals surface area (Å²) in [5.74, 6) is 2.43. The Balaban J connectivity index is 2.00. The monoisotopic (exact) mass is 259 g/mol. The van der Waals surface area contributed by atoms with Crippen LogP contribution in [0.2, 0.25) is 0 Å². The number of hydrogen-bond acceptors (Lipinski definition) is 3. The van der Waals surface area contributed by atoms with E-state index in [0.29, 0.717) is 5.92 Å². The summed E-state index contributed by atoms with van der Waals surface area (Å²) in [4.78, 5) is 0. The third-order valence-corrected chi connectivity index (χ3v) is 4.04. The number of aromatic nitrogens is 2. The molecule has 0 bridgehead atoms. The van der Waals surface area contributed by atoms with E-state index in [1.165, 1.54) is 24.1 Å². The van der Waals surface area contributed by atoms with E-state index in [0.717, 1.165) is 30.3 Å². The summed E-state index contributed by atoms with van der Waals surface area (Å²) >= 11 is 0. The smallest absolute Gasteiger partial charge is 0.154 e. The van der Waals surface area contributed by atoms with Crippen LogP contribution in [-0.4, -0.2) is 22.9 Å². The van der Waals surface area contributed by atoms with Gasteiger partial charge in [0, 0.05) is 24.2 Å². The number of piperidine rings is 1. The molecule has 102 valence electrons. The van der Waals surface area contributed by atoms with Gasteiger partial charge in [-0.2, -0.15) is 5.10 Å². The summed E-state index contributed by atoms with van der Waals surface area (Å²) in [7, 11) is 2.05. The van der Waals surface area contributed by atoms with E-state index in [2.05, 4.69) is 17.3 Å². The van der Waals surface area contributed by atoms with Crippen molar-refractivity contribution in [2.45, 2.75) is 32.6 Å². The molecule has 0 spiro atoms. The van der Waals surface area contributed by atoms with Crippen molar-refractivity contribution in [2.24, 2.45) is 7.05 Å². The molecule has 0 aliphatic carbocycles. The largest absolute Gasteiger partial charge is 0.460 e. The molecule has 3 heterocycles. The van der Waals surface area contributed by atoms with Crippen LogP contribution < -0.4 is 5.32 Å². The van der Waals surface area contributed by atoms with E-state index in [1.54, 1.807) is 0 Å². The number of hydrogen-bond donors (Lipinski definition) is 1. The molecule has 0 atom stereocenters. The van der Waals surface area contributed by atoms with Crippen molar-refractivity contribution in [3.05, 3.63) is 29.2 Å². The molecule has 0 radical (unpaired) electrons. The first-order valence-corrected chi connectivity index (χ1v) is 6.98. The lowest BCUT2D eigenvalue weighted by molar-refractivity contribution is 0.438. The van der Waals surface area contributed by atoms with Gasteiger partial charge in [0.2, 0.25) is 0 Å². The van der Waals surface area contributed by atoms with E-state index in [9.17, 15) is 0 Å². The van der Waals surface area contributed by atoms with Gasteiger partial charge in [-0.25, -0.2) is 0 Å². The van der Waals surface area contributed by atoms with Crippen molar-refractivity contribution >= 4 is 0 Å². The van der Waals surface area contributed by atoms with Crippen LogP contribution in [0.15, 0.2) is 16.5 Å². The van der Waals surface area contributed by atoms with Crippen molar-refractivity contribution in [3.63, 3.8) is 0 Å². The average molecular weight is 259 g/mol. The first kappa shape index (κ1) is 12.5. The Hall–Kier alpha value is -1.55. The lowest BCUT2D eigenvalue weighted by Gasteiger charge is -2.23. The molecule has 0 aromatic carbocycles. The number of aryl methyl sites for hydroxylation is 2. The molecule has 19 heavy (non-hydrogen) atoms. The number of nitrogens with one attached hydrogen (secondary N) is 1. The fourth-order valence-corrected chi connectivity index (χ4v) is 3.10. The predicted octanol–water partition coefficient (Wildman–Crippen LogP) is 2.76. The Morgan fingerprint density at radius 2 is 2.00 bits per heavy atom. The SMILES string of the molecule is Cc1ccc(-c2nn(C)c(C3CCNCC3)c2C)o1. The van der Waals surface area contributed by atoms with E-state index in [4.69, 9.17) is 4.42 Å². The molecular weight excluding hydrogens is 238 g/mol. The van der Waals surface area contributed by atoms with Gasteiger partial charge < -0.3 is 9.73 Å². The van der Waals surface area contributed by atoms with Gasteiger partial charge in [-0.3, -0.25) is 4.68 Å². The maximum atomic E-state index is 5.72. The van der Waals surface area contributed by atoms with E-state index >= 15 is 0 Å². The maximum absolute atomic E-state index is 5.72. The highest BCUT2D eigenvalue weighted by molar-refractivity contribution is 5.58. The predicted molar refractivity (Wildman–Crippen MR) is 75.2 cm³/mol. The van der Waals surface area contributed by atoms with Crippen LogP contribution in [-0.2, 0) is 7.05 Å². The molecule has 4 nitrogen and oxygen atoms in total. The van der Waals surface area contributed by atoms with E-state index in [1.807, 2.05) is 30.8 Å². The van der Waals surface area contributed by atoms with Gasteiger partial charge in [0.05, 0.1) is 0 Å². The van der Waals surface area contributed by atoms with Crippen molar-refractivity contribution < 1.29 is 4.42 Å². The number of furan rings is 1. The van der Waals surface area contributed by atoms with Crippen LogP contribution in [0.4, 0.5) is 0 Å². The highest BCUT2D eigenvalue weighted by Gasteiger charge is 2.24. The second-order valence-electron chi connectivity index (χ2n) is 5.42. The first-order chi connectivity index (χ1) is 9.16. The Labute approximate surface area is 113 Å². The van der Waals surface area contributed by atoms with E-state index in [-0.39, 0.29) is 0 Å². The Morgan fingerprint density at radius 3 is 2.63 bits per heavy atom. The summed E-state index contributed by atoms with van der Waals surface area (Å²) in [6, 6.07) is 4.00. The van der Waals surface area contributed by atoms with Crippen molar-refractivity contribution in [2.75, 3.05) is 13.1 Å². The summed E-state index contributed by atoms with van der Waals surface area (Å²) in [6.07, 6.45) is 2.38. The van der Waals surface area contributed by atoms with Gasteiger partial charge in [-0.15, -0.1) is 0 Å². The number of rotatable bonds is 2. The fraction of sp³-hybridized carbons (Fsp3) is 0.533. The Kier molecular flexibility index (Phi) is 3.19. The Morgan fingerprint density at radius 1 is 1.26 bits per heavy atom. The third-order valence-electron chi connectivity index (χ3n) is 4.04. The van der Waals surface area contributed by atoms with Gasteiger partial charge in [0.15, 0.2) is 5.76 Å². The molecule has 0 amide bonds. The molecule has 4 heteroatoms. The van der Waals surface area contributed by atoms with Crippen LogP contribution in [0.1, 0.15) is 35.8 Å². The zero-order chi connectivity index (χ0) is 13.4. The summed E-state index contributed by atoms with van der Waals surface area (Å²) in [5.41, 5.74) is 3.62. The van der Waals surface area contributed by atoms with Crippen LogP contribution in [0.3, 0.4) is 0 Å². The van der Waals surface area contributed by atoms with Gasteiger partial charge in [-0.1, -0.05) is 0 Å². The second kappa shape index (κ2) is 4.85. The second-order valence-corrected chi connectivity index (χ2v) is 5.42. The summed E-state index contributed by atoms with van der Waals surface area (Å²) in [5, 5.41) is 8.09. The Bertz CT molecular complexity index is 576. The topological polar surface area (TPSA) is 43.0 Å². The molecule has 1 aliphatic heterocycles. The van der Waals surface area contributed by atoms with Crippen LogP contribution in [0.25, 0.3) is 11.5 Å². The van der Waals surface area contributed by atoms with Crippen LogP contribution >= 0.6 is 0 Å². The molecule has 1 aliphatic rings. The molecule has 2 aromatic heterocycles. The van der Waals surface area contributed by atoms with Crippen molar-refractivity contribution in [1.29, 1.82) is 0 Å². The third kappa shape index (κ3) is 2.21. The van der Waals surface area contributed by atoms with Crippen molar-refractivity contribution in [3.8, 4) is 11.5 Å². The minimum absolute atomic E-state index is 0.614. The molecule has 2 aromatic rings. The lowest BCUT2D eigenvalue weighted by atomic mass is 9.91. The summed E-state index contributed by atoms with van der Waals surface area (Å²) in [6.45, 7) is 6.34. The zero-order valence-electron chi connectivity index (χ0n) is 11.9. The molecular formula is C15H21N3O. The quantitative estimate of drug-likeness (QED) is 0.901. The van der Waals surface area contributed by atoms with Crippen LogP contribution in [0, 0.1) is 13.8 Å².